The zero-order valence-electron chi connectivity index (χ0n) is 8.62. The van der Waals surface area contributed by atoms with E-state index in [1.54, 1.807) is 0 Å². The van der Waals surface area contributed by atoms with Crippen LogP contribution in [0.25, 0.3) is 0 Å². The molecule has 0 saturated heterocycles. The van der Waals surface area contributed by atoms with Gasteiger partial charge in [-0.2, -0.15) is 22.6 Å². The van der Waals surface area contributed by atoms with Crippen LogP contribution < -0.4 is 0 Å². The number of nitrogens with zero attached hydrogens (tertiary/aromatic N) is 2. The molecule has 10 heteroatoms. The van der Waals surface area contributed by atoms with Gasteiger partial charge in [-0.15, -0.1) is 11.6 Å². The van der Waals surface area contributed by atoms with Crippen LogP contribution in [0.3, 0.4) is 0 Å². The zero-order valence-corrected chi connectivity index (χ0v) is 10.2. The molecule has 0 aliphatic heterocycles. The van der Waals surface area contributed by atoms with E-state index in [9.17, 15) is 21.6 Å². The van der Waals surface area contributed by atoms with Gasteiger partial charge in [0.05, 0.1) is 12.1 Å². The van der Waals surface area contributed by atoms with Crippen molar-refractivity contribution in [2.45, 2.75) is 17.1 Å². The maximum Gasteiger partial charge on any atom is 0.402 e. The van der Waals surface area contributed by atoms with Crippen molar-refractivity contribution in [2.24, 2.45) is 0 Å². The first kappa shape index (κ1) is 14.3. The molecule has 0 atom stereocenters. The Morgan fingerprint density at radius 3 is 2.59 bits per heavy atom. The fraction of sp³-hybridized carbons (Fsp3) is 0.571. The van der Waals surface area contributed by atoms with Crippen molar-refractivity contribution < 1.29 is 21.6 Å². The Hall–Kier alpha value is -0.800. The normalized spacial score (nSPS) is 13.3. The molecular formula is C7H9ClF3N3O2S. The topological polar surface area (TPSA) is 66.1 Å². The number of alkyl halides is 4. The third kappa shape index (κ3) is 3.33. The Morgan fingerprint density at radius 1 is 1.53 bits per heavy atom. The second kappa shape index (κ2) is 4.83. The molecule has 0 amide bonds. The van der Waals surface area contributed by atoms with Gasteiger partial charge in [-0.3, -0.25) is 5.10 Å². The van der Waals surface area contributed by atoms with Crippen molar-refractivity contribution in [3.8, 4) is 0 Å². The Balaban J connectivity index is 3.04. The van der Waals surface area contributed by atoms with E-state index >= 15 is 0 Å². The Labute approximate surface area is 101 Å². The lowest BCUT2D eigenvalue weighted by molar-refractivity contribution is -0.134. The first-order valence-electron chi connectivity index (χ1n) is 4.30. The van der Waals surface area contributed by atoms with Crippen LogP contribution in [-0.2, 0) is 15.9 Å². The highest BCUT2D eigenvalue weighted by atomic mass is 35.5. The van der Waals surface area contributed by atoms with Crippen LogP contribution in [0.4, 0.5) is 13.2 Å². The van der Waals surface area contributed by atoms with Gasteiger partial charge in [0.1, 0.15) is 6.54 Å². The number of H-pyrrole nitrogens is 1. The molecule has 1 heterocycles. The highest BCUT2D eigenvalue weighted by molar-refractivity contribution is 7.89. The molecule has 1 aromatic rings. The average molecular weight is 292 g/mol. The molecule has 0 spiro atoms. The predicted molar refractivity (Wildman–Crippen MR) is 54.0 cm³/mol. The second-order valence-corrected chi connectivity index (χ2v) is 5.48. The molecule has 0 aromatic carbocycles. The number of nitrogens with one attached hydrogen (secondary N) is 1. The summed E-state index contributed by atoms with van der Waals surface area (Å²) in [5.41, 5.74) is 0.126. The van der Waals surface area contributed by atoms with E-state index in [0.29, 0.717) is 0 Å². The summed E-state index contributed by atoms with van der Waals surface area (Å²) in [4.78, 5) is 0. The minimum Gasteiger partial charge on any atom is -0.266 e. The van der Waals surface area contributed by atoms with E-state index < -0.39 is 27.8 Å². The molecule has 0 fully saturated rings. The van der Waals surface area contributed by atoms with Crippen molar-refractivity contribution in [3.63, 3.8) is 0 Å². The SMILES string of the molecule is CN(CC(F)(F)F)S(=O)(=O)c1[nH]ncc1CCl. The summed E-state index contributed by atoms with van der Waals surface area (Å²) in [7, 11) is -3.43. The Bertz CT molecular complexity index is 485. The molecule has 0 bridgehead atoms. The van der Waals surface area contributed by atoms with E-state index in [1.165, 1.54) is 0 Å². The van der Waals surface area contributed by atoms with Gasteiger partial charge in [0.25, 0.3) is 10.0 Å². The number of halogens is 4. The molecule has 5 nitrogen and oxygen atoms in total. The van der Waals surface area contributed by atoms with Crippen molar-refractivity contribution >= 4 is 21.6 Å². The van der Waals surface area contributed by atoms with Gasteiger partial charge in [-0.25, -0.2) is 8.42 Å². The maximum absolute atomic E-state index is 12.1. The zero-order chi connectivity index (χ0) is 13.3. The fourth-order valence-electron chi connectivity index (χ4n) is 1.11. The second-order valence-electron chi connectivity index (χ2n) is 3.23. The van der Waals surface area contributed by atoms with Gasteiger partial charge in [0, 0.05) is 12.6 Å². The van der Waals surface area contributed by atoms with Crippen LogP contribution in [0.1, 0.15) is 5.56 Å². The molecule has 1 aromatic heterocycles. The molecule has 0 radical (unpaired) electrons. The maximum atomic E-state index is 12.1. The third-order valence-electron chi connectivity index (χ3n) is 1.89. The van der Waals surface area contributed by atoms with Gasteiger partial charge < -0.3 is 0 Å². The van der Waals surface area contributed by atoms with E-state index in [-0.39, 0.29) is 15.7 Å². The van der Waals surface area contributed by atoms with Gasteiger partial charge in [0.15, 0.2) is 5.03 Å². The van der Waals surface area contributed by atoms with Crippen molar-refractivity contribution in [1.29, 1.82) is 0 Å². The third-order valence-corrected chi connectivity index (χ3v) is 4.00. The molecule has 0 aliphatic carbocycles. The van der Waals surface area contributed by atoms with E-state index in [2.05, 4.69) is 10.2 Å². The van der Waals surface area contributed by atoms with E-state index in [0.717, 1.165) is 13.2 Å². The van der Waals surface area contributed by atoms with Crippen LogP contribution in [0.15, 0.2) is 11.2 Å². The van der Waals surface area contributed by atoms with Crippen LogP contribution >= 0.6 is 11.6 Å². The van der Waals surface area contributed by atoms with Gasteiger partial charge in [-0.1, -0.05) is 0 Å². The number of hydrogen-bond acceptors (Lipinski definition) is 3. The molecule has 17 heavy (non-hydrogen) atoms. The summed E-state index contributed by atoms with van der Waals surface area (Å²) in [6, 6.07) is 0. The van der Waals surface area contributed by atoms with Crippen molar-refractivity contribution in [3.05, 3.63) is 11.8 Å². The standard InChI is InChI=1S/C7H9ClF3N3O2S/c1-14(4-7(9,10)11)17(15,16)6-5(2-8)3-12-13-6/h3H,2,4H2,1H3,(H,12,13). The summed E-state index contributed by atoms with van der Waals surface area (Å²) in [6.07, 6.45) is -3.45. The predicted octanol–water partition coefficient (Wildman–Crippen LogP) is 1.33. The van der Waals surface area contributed by atoms with Crippen LogP contribution in [0, 0.1) is 0 Å². The lowest BCUT2D eigenvalue weighted by Crippen LogP contribution is -2.36. The van der Waals surface area contributed by atoms with E-state index in [4.69, 9.17) is 11.6 Å². The number of sulfonamides is 1. The number of aromatic nitrogens is 2. The van der Waals surface area contributed by atoms with Crippen LogP contribution in [0.2, 0.25) is 0 Å². The summed E-state index contributed by atoms with van der Waals surface area (Å²) in [6.45, 7) is -1.57. The summed E-state index contributed by atoms with van der Waals surface area (Å²) in [5, 5.41) is 5.16. The summed E-state index contributed by atoms with van der Waals surface area (Å²) in [5.74, 6) is -0.162. The quantitative estimate of drug-likeness (QED) is 0.851. The lowest BCUT2D eigenvalue weighted by Gasteiger charge is -2.18. The van der Waals surface area contributed by atoms with Gasteiger partial charge in [-0.05, 0) is 0 Å². The smallest absolute Gasteiger partial charge is 0.266 e. The van der Waals surface area contributed by atoms with Crippen LogP contribution in [-0.4, -0.2) is 42.7 Å². The highest BCUT2D eigenvalue weighted by Gasteiger charge is 2.36. The molecule has 0 unspecified atom stereocenters. The summed E-state index contributed by atoms with van der Waals surface area (Å²) >= 11 is 5.45. The van der Waals surface area contributed by atoms with Gasteiger partial charge in [0.2, 0.25) is 0 Å². The van der Waals surface area contributed by atoms with Crippen molar-refractivity contribution in [2.75, 3.05) is 13.6 Å². The minimum absolute atomic E-state index is 0.126. The molecule has 0 saturated carbocycles. The van der Waals surface area contributed by atoms with Gasteiger partial charge >= 0.3 is 6.18 Å². The first-order chi connectivity index (χ1) is 7.68. The molecule has 0 aliphatic rings. The fourth-order valence-corrected chi connectivity index (χ4v) is 2.65. The minimum atomic E-state index is -4.61. The monoisotopic (exact) mass is 291 g/mol. The number of aromatic amines is 1. The highest BCUT2D eigenvalue weighted by Crippen LogP contribution is 2.22. The van der Waals surface area contributed by atoms with E-state index in [1.807, 2.05) is 0 Å². The molecular weight excluding hydrogens is 283 g/mol. The first-order valence-corrected chi connectivity index (χ1v) is 6.27. The Morgan fingerprint density at radius 2 is 2.12 bits per heavy atom. The Kier molecular flexibility index (Phi) is 4.05. The average Bonchev–Trinajstić information content (AvgIpc) is 2.62. The summed E-state index contributed by atoms with van der Waals surface area (Å²) < 4.78 is 60.0. The molecule has 98 valence electrons. The van der Waals surface area contributed by atoms with Crippen LogP contribution in [0.5, 0.6) is 0 Å². The largest absolute Gasteiger partial charge is 0.402 e. The number of hydrogen-bond donors (Lipinski definition) is 1. The van der Waals surface area contributed by atoms with Crippen molar-refractivity contribution in [1.82, 2.24) is 14.5 Å². The molecule has 1 N–H and O–H groups in total. The molecule has 1 rings (SSSR count). The lowest BCUT2D eigenvalue weighted by atomic mass is 10.4. The number of rotatable bonds is 4.